The van der Waals surface area contributed by atoms with Crippen LogP contribution in [-0.4, -0.2) is 39.4 Å². The zero-order chi connectivity index (χ0) is 24.8. The largest absolute Gasteiger partial charge is 0.489 e. The molecule has 0 bridgehead atoms. The smallest absolute Gasteiger partial charge is 0.225 e. The lowest BCUT2D eigenvalue weighted by molar-refractivity contribution is -0.116. The van der Waals surface area contributed by atoms with Crippen LogP contribution in [0.3, 0.4) is 0 Å². The van der Waals surface area contributed by atoms with E-state index in [0.717, 1.165) is 23.3 Å². The number of aromatic nitrogens is 1. The fourth-order valence-corrected chi connectivity index (χ4v) is 5.06. The Labute approximate surface area is 207 Å². The SMILES string of the molecule is CC#CC[C@@H](C)[C@H](O)C=C[C@@H]1[C@H]2c3cccc(CCCC(=O)Nc4ccccn4)c3O[C@H]2C[C@H]1O. The molecular weight excluding hydrogens is 440 g/mol. The quantitative estimate of drug-likeness (QED) is 0.374. The molecular formula is C29H34N2O4. The Bertz CT molecular complexity index is 1100. The molecule has 2 heterocycles. The molecule has 0 radical (unpaired) electrons. The van der Waals surface area contributed by atoms with E-state index in [1.807, 2.05) is 31.2 Å². The molecule has 2 aromatic rings. The Morgan fingerprint density at radius 2 is 2.17 bits per heavy atom. The second-order valence-corrected chi connectivity index (χ2v) is 9.50. The van der Waals surface area contributed by atoms with Crippen molar-refractivity contribution >= 4 is 11.7 Å². The molecule has 1 saturated carbocycles. The van der Waals surface area contributed by atoms with Crippen LogP contribution in [0.15, 0.2) is 54.7 Å². The normalized spacial score (nSPS) is 24.1. The van der Waals surface area contributed by atoms with E-state index in [-0.39, 0.29) is 29.8 Å². The summed E-state index contributed by atoms with van der Waals surface area (Å²) < 4.78 is 6.34. The van der Waals surface area contributed by atoms with Gasteiger partial charge < -0.3 is 20.3 Å². The zero-order valence-electron chi connectivity index (χ0n) is 20.4. The van der Waals surface area contributed by atoms with Gasteiger partial charge in [-0.15, -0.1) is 11.8 Å². The highest BCUT2D eigenvalue weighted by atomic mass is 16.5. The van der Waals surface area contributed by atoms with Crippen LogP contribution in [-0.2, 0) is 11.2 Å². The zero-order valence-corrected chi connectivity index (χ0v) is 20.4. The number of hydrogen-bond donors (Lipinski definition) is 3. The molecule has 2 aliphatic rings. The number of hydrogen-bond acceptors (Lipinski definition) is 5. The van der Waals surface area contributed by atoms with Crippen LogP contribution in [0.4, 0.5) is 5.82 Å². The number of pyridine rings is 1. The summed E-state index contributed by atoms with van der Waals surface area (Å²) in [5.74, 6) is 7.26. The lowest BCUT2D eigenvalue weighted by Crippen LogP contribution is -2.19. The summed E-state index contributed by atoms with van der Waals surface area (Å²) in [5, 5.41) is 24.0. The Morgan fingerprint density at radius 3 is 2.94 bits per heavy atom. The summed E-state index contributed by atoms with van der Waals surface area (Å²) in [7, 11) is 0. The van der Waals surface area contributed by atoms with E-state index in [1.54, 1.807) is 25.3 Å². The molecule has 0 saturated heterocycles. The van der Waals surface area contributed by atoms with Gasteiger partial charge in [0.2, 0.25) is 5.91 Å². The number of benzene rings is 1. The summed E-state index contributed by atoms with van der Waals surface area (Å²) >= 11 is 0. The first kappa shape index (κ1) is 25.0. The van der Waals surface area contributed by atoms with Crippen molar-refractivity contribution in [2.75, 3.05) is 5.32 Å². The minimum absolute atomic E-state index is 0.0293. The van der Waals surface area contributed by atoms with Crippen LogP contribution >= 0.6 is 0 Å². The van der Waals surface area contributed by atoms with Crippen LogP contribution in [0, 0.1) is 23.7 Å². The number of carbonyl (C=O) groups excluding carboxylic acids is 1. The number of nitrogens with one attached hydrogen (secondary N) is 1. The van der Waals surface area contributed by atoms with Crippen molar-refractivity contribution in [3.05, 3.63) is 65.9 Å². The summed E-state index contributed by atoms with van der Waals surface area (Å²) in [6.45, 7) is 3.77. The monoisotopic (exact) mass is 474 g/mol. The van der Waals surface area contributed by atoms with Gasteiger partial charge in [0, 0.05) is 42.9 Å². The summed E-state index contributed by atoms with van der Waals surface area (Å²) in [6.07, 6.45) is 7.25. The van der Waals surface area contributed by atoms with Crippen LogP contribution in [0.1, 0.15) is 56.6 Å². The number of anilines is 1. The molecule has 1 aliphatic heterocycles. The molecule has 4 rings (SSSR count). The number of para-hydroxylation sites is 1. The second kappa shape index (κ2) is 11.5. The van der Waals surface area contributed by atoms with Crippen LogP contribution in [0.25, 0.3) is 0 Å². The number of aliphatic hydroxyl groups excluding tert-OH is 2. The first-order valence-electron chi connectivity index (χ1n) is 12.4. The van der Waals surface area contributed by atoms with Gasteiger partial charge in [0.25, 0.3) is 0 Å². The maximum atomic E-state index is 12.3. The second-order valence-electron chi connectivity index (χ2n) is 9.50. The lowest BCUT2D eigenvalue weighted by atomic mass is 9.86. The van der Waals surface area contributed by atoms with Gasteiger partial charge >= 0.3 is 0 Å². The molecule has 0 spiro atoms. The average molecular weight is 475 g/mol. The lowest BCUT2D eigenvalue weighted by Gasteiger charge is -2.19. The Balaban J connectivity index is 1.39. The van der Waals surface area contributed by atoms with E-state index in [9.17, 15) is 15.0 Å². The molecule has 6 nitrogen and oxygen atoms in total. The highest BCUT2D eigenvalue weighted by Gasteiger charge is 2.48. The third-order valence-corrected chi connectivity index (χ3v) is 6.99. The fourth-order valence-electron chi connectivity index (χ4n) is 5.06. The standard InChI is InChI=1S/C29H34N2O4/c1-3-4-9-19(2)23(32)16-15-21-24(33)18-25-28(21)22-12-7-10-20(29(22)35-25)11-8-14-27(34)31-26-13-5-6-17-30-26/h5-7,10,12-13,15-17,19,21,23-25,28,32-33H,8-9,11,14,18H2,1-2H3,(H,30,31,34)/t19-,21+,23-,24-,25+,28+/m1/s1. The summed E-state index contributed by atoms with van der Waals surface area (Å²) in [5.41, 5.74) is 2.20. The van der Waals surface area contributed by atoms with E-state index in [1.165, 1.54) is 0 Å². The summed E-state index contributed by atoms with van der Waals surface area (Å²) in [6, 6.07) is 11.6. The van der Waals surface area contributed by atoms with Gasteiger partial charge in [-0.2, -0.15) is 0 Å². The van der Waals surface area contributed by atoms with Gasteiger partial charge in [0.15, 0.2) is 0 Å². The van der Waals surface area contributed by atoms with Crippen molar-refractivity contribution < 1.29 is 19.7 Å². The number of carbonyl (C=O) groups is 1. The van der Waals surface area contributed by atoms with Crippen LogP contribution in [0.5, 0.6) is 5.75 Å². The molecule has 6 heteroatoms. The number of fused-ring (bicyclic) bond motifs is 3. The highest BCUT2D eigenvalue weighted by Crippen LogP contribution is 2.52. The highest BCUT2D eigenvalue weighted by molar-refractivity contribution is 5.89. The predicted octanol–water partition coefficient (Wildman–Crippen LogP) is 4.24. The van der Waals surface area contributed by atoms with Crippen molar-refractivity contribution in [1.29, 1.82) is 0 Å². The van der Waals surface area contributed by atoms with E-state index < -0.39 is 12.2 Å². The molecule has 1 amide bonds. The number of amides is 1. The van der Waals surface area contributed by atoms with Crippen molar-refractivity contribution in [2.24, 2.45) is 11.8 Å². The number of aryl methyl sites for hydroxylation is 1. The molecule has 1 aromatic heterocycles. The molecule has 6 atom stereocenters. The van der Waals surface area contributed by atoms with Gasteiger partial charge in [-0.1, -0.05) is 43.3 Å². The maximum absolute atomic E-state index is 12.3. The number of ether oxygens (including phenoxy) is 1. The Kier molecular flexibility index (Phi) is 8.22. The van der Waals surface area contributed by atoms with Crippen LogP contribution in [0.2, 0.25) is 0 Å². The maximum Gasteiger partial charge on any atom is 0.225 e. The predicted molar refractivity (Wildman–Crippen MR) is 136 cm³/mol. The average Bonchev–Trinajstić information content (AvgIpc) is 3.36. The molecule has 3 N–H and O–H groups in total. The summed E-state index contributed by atoms with van der Waals surface area (Å²) in [4.78, 5) is 16.4. The number of aliphatic hydroxyl groups is 2. The minimum Gasteiger partial charge on any atom is -0.489 e. The van der Waals surface area contributed by atoms with E-state index in [4.69, 9.17) is 4.74 Å². The van der Waals surface area contributed by atoms with Crippen LogP contribution < -0.4 is 10.1 Å². The molecule has 35 heavy (non-hydrogen) atoms. The number of rotatable bonds is 9. The molecule has 1 aromatic carbocycles. The molecule has 1 fully saturated rings. The van der Waals surface area contributed by atoms with Gasteiger partial charge in [0.05, 0.1) is 12.2 Å². The molecule has 184 valence electrons. The molecule has 0 unspecified atom stereocenters. The topological polar surface area (TPSA) is 91.7 Å². The minimum atomic E-state index is -0.604. The van der Waals surface area contributed by atoms with E-state index in [0.29, 0.717) is 31.5 Å². The van der Waals surface area contributed by atoms with E-state index in [2.05, 4.69) is 34.3 Å². The van der Waals surface area contributed by atoms with Gasteiger partial charge in [-0.05, 0) is 43.4 Å². The van der Waals surface area contributed by atoms with Crippen molar-refractivity contribution in [3.8, 4) is 17.6 Å². The third kappa shape index (κ3) is 5.93. The van der Waals surface area contributed by atoms with Gasteiger partial charge in [0.1, 0.15) is 17.7 Å². The van der Waals surface area contributed by atoms with Crippen molar-refractivity contribution in [2.45, 2.75) is 70.2 Å². The first-order valence-corrected chi connectivity index (χ1v) is 12.4. The first-order chi connectivity index (χ1) is 17.0. The number of nitrogens with zero attached hydrogens (tertiary/aromatic N) is 1. The Morgan fingerprint density at radius 1 is 1.31 bits per heavy atom. The van der Waals surface area contributed by atoms with Gasteiger partial charge in [-0.25, -0.2) is 4.98 Å². The van der Waals surface area contributed by atoms with E-state index >= 15 is 0 Å². The Hall–Kier alpha value is -3.14. The van der Waals surface area contributed by atoms with Gasteiger partial charge in [-0.3, -0.25) is 4.79 Å². The third-order valence-electron chi connectivity index (χ3n) is 6.99. The van der Waals surface area contributed by atoms with Crippen molar-refractivity contribution in [1.82, 2.24) is 4.98 Å². The fraction of sp³-hybridized carbons (Fsp3) is 0.448. The van der Waals surface area contributed by atoms with Crippen molar-refractivity contribution in [3.63, 3.8) is 0 Å². The molecule has 1 aliphatic carbocycles.